The number of hydrogen-bond acceptors (Lipinski definition) is 4. The molecule has 0 bridgehead atoms. The van der Waals surface area contributed by atoms with E-state index in [1.165, 1.54) is 6.92 Å². The first-order valence-electron chi connectivity index (χ1n) is 7.14. The molecule has 1 aromatic carbocycles. The number of Topliss-reactive ketones (excluding diaryl/α,β-unsaturated/α-hetero) is 1. The van der Waals surface area contributed by atoms with E-state index >= 15 is 0 Å². The molecule has 0 saturated heterocycles. The summed E-state index contributed by atoms with van der Waals surface area (Å²) >= 11 is 0. The zero-order valence-electron chi connectivity index (χ0n) is 13.2. The Hall–Kier alpha value is -1.68. The molecule has 0 saturated carbocycles. The van der Waals surface area contributed by atoms with Gasteiger partial charge in [-0.3, -0.25) is 9.59 Å². The molecule has 116 valence electrons. The maximum absolute atomic E-state index is 12.0. The Balaban J connectivity index is 2.41. The third kappa shape index (κ3) is 7.04. The molecule has 0 aliphatic carbocycles. The standard InChI is InChI=1S/C17H24O4/c1-13(18)15(16(19)21-17(2,3)4)10-11-20-12-14-8-6-5-7-9-14/h5-9,15H,10-12H2,1-4H3. The lowest BCUT2D eigenvalue weighted by Crippen LogP contribution is -2.32. The fourth-order valence-electron chi connectivity index (χ4n) is 1.83. The monoisotopic (exact) mass is 292 g/mol. The van der Waals surface area contributed by atoms with Crippen molar-refractivity contribution < 1.29 is 19.1 Å². The van der Waals surface area contributed by atoms with Gasteiger partial charge in [0.1, 0.15) is 17.3 Å². The second kappa shape index (κ2) is 7.93. The van der Waals surface area contributed by atoms with Gasteiger partial charge in [-0.15, -0.1) is 0 Å². The van der Waals surface area contributed by atoms with Crippen molar-refractivity contribution >= 4 is 11.8 Å². The zero-order chi connectivity index (χ0) is 15.9. The molecule has 21 heavy (non-hydrogen) atoms. The van der Waals surface area contributed by atoms with Crippen LogP contribution in [0, 0.1) is 5.92 Å². The molecule has 1 aromatic rings. The molecule has 1 atom stereocenters. The predicted octanol–water partition coefficient (Wildman–Crippen LogP) is 3.14. The van der Waals surface area contributed by atoms with Crippen LogP contribution in [0.15, 0.2) is 30.3 Å². The third-order valence-electron chi connectivity index (χ3n) is 2.84. The van der Waals surface area contributed by atoms with E-state index in [2.05, 4.69) is 0 Å². The van der Waals surface area contributed by atoms with Crippen LogP contribution >= 0.6 is 0 Å². The van der Waals surface area contributed by atoms with Crippen LogP contribution in [0.4, 0.5) is 0 Å². The van der Waals surface area contributed by atoms with Crippen molar-refractivity contribution in [3.05, 3.63) is 35.9 Å². The van der Waals surface area contributed by atoms with Crippen molar-refractivity contribution in [3.63, 3.8) is 0 Å². The lowest BCUT2D eigenvalue weighted by molar-refractivity contribution is -0.162. The average Bonchev–Trinajstić information content (AvgIpc) is 2.37. The van der Waals surface area contributed by atoms with Gasteiger partial charge in [-0.05, 0) is 39.7 Å². The Morgan fingerprint density at radius 3 is 2.29 bits per heavy atom. The van der Waals surface area contributed by atoms with E-state index in [-0.39, 0.29) is 5.78 Å². The summed E-state index contributed by atoms with van der Waals surface area (Å²) in [5, 5.41) is 0. The molecule has 0 heterocycles. The minimum atomic E-state index is -0.750. The van der Waals surface area contributed by atoms with E-state index in [0.29, 0.717) is 19.6 Å². The second-order valence-corrected chi connectivity index (χ2v) is 6.02. The molecule has 0 spiro atoms. The molecule has 0 aliphatic rings. The number of ether oxygens (including phenoxy) is 2. The summed E-state index contributed by atoms with van der Waals surface area (Å²) in [5.74, 6) is -1.41. The van der Waals surface area contributed by atoms with E-state index in [4.69, 9.17) is 9.47 Å². The van der Waals surface area contributed by atoms with Crippen LogP contribution in [0.3, 0.4) is 0 Å². The van der Waals surface area contributed by atoms with Crippen molar-refractivity contribution in [3.8, 4) is 0 Å². The highest BCUT2D eigenvalue weighted by molar-refractivity contribution is 5.97. The summed E-state index contributed by atoms with van der Waals surface area (Å²) in [6.07, 6.45) is 0.344. The van der Waals surface area contributed by atoms with Gasteiger partial charge in [0.25, 0.3) is 0 Å². The van der Waals surface area contributed by atoms with Crippen LogP contribution in [-0.4, -0.2) is 24.0 Å². The lowest BCUT2D eigenvalue weighted by atomic mass is 10.0. The Morgan fingerprint density at radius 1 is 1.14 bits per heavy atom. The molecule has 4 heteroatoms. The van der Waals surface area contributed by atoms with Crippen molar-refractivity contribution in [1.82, 2.24) is 0 Å². The largest absolute Gasteiger partial charge is 0.459 e. The SMILES string of the molecule is CC(=O)C(CCOCc1ccccc1)C(=O)OC(C)(C)C. The number of carbonyl (C=O) groups excluding carboxylic acids is 2. The number of carbonyl (C=O) groups is 2. The maximum Gasteiger partial charge on any atom is 0.317 e. The smallest absolute Gasteiger partial charge is 0.317 e. The number of hydrogen-bond donors (Lipinski definition) is 0. The van der Waals surface area contributed by atoms with Gasteiger partial charge in [-0.25, -0.2) is 0 Å². The maximum atomic E-state index is 12.0. The number of esters is 1. The Kier molecular flexibility index (Phi) is 6.56. The lowest BCUT2D eigenvalue weighted by Gasteiger charge is -2.22. The Bertz CT molecular complexity index is 459. The van der Waals surface area contributed by atoms with Crippen LogP contribution in [0.5, 0.6) is 0 Å². The van der Waals surface area contributed by atoms with Crippen LogP contribution in [0.25, 0.3) is 0 Å². The number of rotatable bonds is 7. The summed E-state index contributed by atoms with van der Waals surface area (Å²) in [6.45, 7) is 7.58. The Morgan fingerprint density at radius 2 is 1.76 bits per heavy atom. The topological polar surface area (TPSA) is 52.6 Å². The van der Waals surface area contributed by atoms with Crippen LogP contribution in [0.1, 0.15) is 39.7 Å². The molecule has 1 unspecified atom stereocenters. The molecule has 0 amide bonds. The average molecular weight is 292 g/mol. The number of benzene rings is 1. The molecule has 0 radical (unpaired) electrons. The van der Waals surface area contributed by atoms with Crippen molar-refractivity contribution in [1.29, 1.82) is 0 Å². The van der Waals surface area contributed by atoms with Gasteiger partial charge in [0.2, 0.25) is 0 Å². The van der Waals surface area contributed by atoms with Crippen LogP contribution < -0.4 is 0 Å². The van der Waals surface area contributed by atoms with Gasteiger partial charge < -0.3 is 9.47 Å². The molecule has 0 N–H and O–H groups in total. The summed E-state index contributed by atoms with van der Waals surface area (Å²) in [7, 11) is 0. The summed E-state index contributed by atoms with van der Waals surface area (Å²) in [5.41, 5.74) is 0.476. The minimum absolute atomic E-state index is 0.187. The number of ketones is 1. The van der Waals surface area contributed by atoms with Gasteiger partial charge in [0, 0.05) is 6.61 Å². The summed E-state index contributed by atoms with van der Waals surface area (Å²) in [6, 6.07) is 9.76. The van der Waals surface area contributed by atoms with Gasteiger partial charge in [0.05, 0.1) is 6.61 Å². The molecule has 4 nitrogen and oxygen atoms in total. The fourth-order valence-corrected chi connectivity index (χ4v) is 1.83. The van der Waals surface area contributed by atoms with E-state index < -0.39 is 17.5 Å². The van der Waals surface area contributed by atoms with E-state index in [1.807, 2.05) is 30.3 Å². The predicted molar refractivity (Wildman–Crippen MR) is 80.7 cm³/mol. The second-order valence-electron chi connectivity index (χ2n) is 6.02. The quantitative estimate of drug-likeness (QED) is 0.440. The van der Waals surface area contributed by atoms with E-state index in [1.54, 1.807) is 20.8 Å². The molecule has 0 aromatic heterocycles. The molecule has 1 rings (SSSR count). The van der Waals surface area contributed by atoms with Crippen LogP contribution in [-0.2, 0) is 25.7 Å². The van der Waals surface area contributed by atoms with Crippen molar-refractivity contribution in [2.45, 2.75) is 46.3 Å². The molecular formula is C17H24O4. The summed E-state index contributed by atoms with van der Waals surface area (Å²) < 4.78 is 10.8. The van der Waals surface area contributed by atoms with Gasteiger partial charge in [-0.1, -0.05) is 30.3 Å². The van der Waals surface area contributed by atoms with E-state index in [9.17, 15) is 9.59 Å². The summed E-state index contributed by atoms with van der Waals surface area (Å²) in [4.78, 5) is 23.5. The highest BCUT2D eigenvalue weighted by Crippen LogP contribution is 2.15. The normalized spacial score (nSPS) is 12.8. The van der Waals surface area contributed by atoms with Crippen molar-refractivity contribution in [2.24, 2.45) is 5.92 Å². The van der Waals surface area contributed by atoms with Gasteiger partial charge >= 0.3 is 5.97 Å². The van der Waals surface area contributed by atoms with E-state index in [0.717, 1.165) is 5.56 Å². The molecule has 0 fully saturated rings. The minimum Gasteiger partial charge on any atom is -0.459 e. The fraction of sp³-hybridized carbons (Fsp3) is 0.529. The van der Waals surface area contributed by atoms with Gasteiger partial charge in [0.15, 0.2) is 0 Å². The first kappa shape index (κ1) is 17.4. The zero-order valence-corrected chi connectivity index (χ0v) is 13.2. The highest BCUT2D eigenvalue weighted by atomic mass is 16.6. The van der Waals surface area contributed by atoms with Crippen molar-refractivity contribution in [2.75, 3.05) is 6.61 Å². The third-order valence-corrected chi connectivity index (χ3v) is 2.84. The molecular weight excluding hydrogens is 268 g/mol. The molecule has 0 aliphatic heterocycles. The first-order valence-corrected chi connectivity index (χ1v) is 7.14. The first-order chi connectivity index (χ1) is 9.79. The highest BCUT2D eigenvalue weighted by Gasteiger charge is 2.28. The Labute approximate surface area is 126 Å². The van der Waals surface area contributed by atoms with Crippen LogP contribution in [0.2, 0.25) is 0 Å². The van der Waals surface area contributed by atoms with Gasteiger partial charge in [-0.2, -0.15) is 0 Å².